The molecular weight excluding hydrogens is 290 g/mol. The summed E-state index contributed by atoms with van der Waals surface area (Å²) in [6.45, 7) is 4.08. The molecule has 8 nitrogen and oxygen atoms in total. The Balaban J connectivity index is 2.92. The molecule has 0 aliphatic rings. The van der Waals surface area contributed by atoms with Gasteiger partial charge < -0.3 is 15.2 Å². The monoisotopic (exact) mass is 311 g/mol. The number of aliphatic carboxylic acids is 1. The Labute approximate surface area is 128 Å². The van der Waals surface area contributed by atoms with Crippen molar-refractivity contribution in [1.82, 2.24) is 15.1 Å². The van der Waals surface area contributed by atoms with E-state index in [1.807, 2.05) is 6.92 Å². The van der Waals surface area contributed by atoms with Gasteiger partial charge in [0.2, 0.25) is 0 Å². The van der Waals surface area contributed by atoms with Crippen molar-refractivity contribution in [1.29, 1.82) is 0 Å². The molecule has 0 saturated carbocycles. The first-order valence-electron chi connectivity index (χ1n) is 7.01. The van der Waals surface area contributed by atoms with Crippen molar-refractivity contribution in [3.05, 3.63) is 28.2 Å². The number of amides is 1. The van der Waals surface area contributed by atoms with Crippen LogP contribution in [0.2, 0.25) is 0 Å². The first kappa shape index (κ1) is 17.8. The molecule has 2 unspecified atom stereocenters. The minimum atomic E-state index is -1.10. The molecule has 122 valence electrons. The third-order valence-electron chi connectivity index (χ3n) is 3.37. The second-order valence-electron chi connectivity index (χ2n) is 4.95. The molecule has 0 fully saturated rings. The fourth-order valence-electron chi connectivity index (χ4n) is 1.81. The number of aromatic nitrogens is 2. The molecule has 0 saturated heterocycles. The van der Waals surface area contributed by atoms with E-state index < -0.39 is 17.9 Å². The number of hydrogen-bond acceptors (Lipinski definition) is 5. The van der Waals surface area contributed by atoms with Crippen molar-refractivity contribution in [2.75, 3.05) is 13.7 Å². The van der Waals surface area contributed by atoms with Crippen LogP contribution >= 0.6 is 0 Å². The number of carbonyl (C=O) groups is 2. The molecule has 2 N–H and O–H groups in total. The average Bonchev–Trinajstić information content (AvgIpc) is 2.50. The van der Waals surface area contributed by atoms with E-state index >= 15 is 0 Å². The van der Waals surface area contributed by atoms with Gasteiger partial charge in [0.05, 0.1) is 13.2 Å². The number of methoxy groups -OCH3 is 1. The number of ether oxygens (including phenoxy) is 1. The zero-order valence-electron chi connectivity index (χ0n) is 12.9. The molecule has 0 bridgehead atoms. The fraction of sp³-hybridized carbons (Fsp3) is 0.571. The highest BCUT2D eigenvalue weighted by atomic mass is 16.5. The van der Waals surface area contributed by atoms with Gasteiger partial charge in [0.1, 0.15) is 11.7 Å². The third-order valence-corrected chi connectivity index (χ3v) is 3.37. The molecule has 0 aliphatic heterocycles. The number of nitrogens with zero attached hydrogens (tertiary/aromatic N) is 2. The van der Waals surface area contributed by atoms with Gasteiger partial charge in [-0.05, 0) is 12.0 Å². The molecule has 22 heavy (non-hydrogen) atoms. The number of carboxylic acids is 1. The molecular formula is C14H21N3O5. The van der Waals surface area contributed by atoms with Gasteiger partial charge in [0.25, 0.3) is 11.5 Å². The number of nitrogens with one attached hydrogen (secondary N) is 1. The van der Waals surface area contributed by atoms with Crippen molar-refractivity contribution in [3.63, 3.8) is 0 Å². The minimum Gasteiger partial charge on any atom is -0.480 e. The standard InChI is InChI=1S/C14H21N3O5/c1-4-9(2)12(14(20)21)15-13(19)10-5-6-11(18)17(16-10)7-8-22-3/h5-6,9,12H,4,7-8H2,1-3H3,(H,15,19)(H,20,21). The van der Waals surface area contributed by atoms with Gasteiger partial charge in [-0.3, -0.25) is 9.59 Å². The van der Waals surface area contributed by atoms with Gasteiger partial charge in [0, 0.05) is 13.2 Å². The summed E-state index contributed by atoms with van der Waals surface area (Å²) in [6.07, 6.45) is 0.609. The van der Waals surface area contributed by atoms with Gasteiger partial charge in [-0.1, -0.05) is 20.3 Å². The molecule has 0 aliphatic carbocycles. The van der Waals surface area contributed by atoms with E-state index in [-0.39, 0.29) is 30.3 Å². The normalized spacial score (nSPS) is 13.4. The lowest BCUT2D eigenvalue weighted by molar-refractivity contribution is -0.140. The lowest BCUT2D eigenvalue weighted by atomic mass is 9.99. The zero-order valence-corrected chi connectivity index (χ0v) is 12.9. The van der Waals surface area contributed by atoms with Gasteiger partial charge in [-0.2, -0.15) is 5.10 Å². The van der Waals surface area contributed by atoms with Crippen LogP contribution in [0.5, 0.6) is 0 Å². The van der Waals surface area contributed by atoms with Crippen LogP contribution in [-0.4, -0.2) is 46.5 Å². The molecule has 1 aromatic heterocycles. The van der Waals surface area contributed by atoms with Crippen LogP contribution in [0.4, 0.5) is 0 Å². The van der Waals surface area contributed by atoms with E-state index in [2.05, 4.69) is 10.4 Å². The van der Waals surface area contributed by atoms with Crippen LogP contribution < -0.4 is 10.9 Å². The SMILES string of the molecule is CCC(C)C(NC(=O)c1ccc(=O)n(CCOC)n1)C(=O)O. The number of carboxylic acid groups (broad SMARTS) is 1. The van der Waals surface area contributed by atoms with Crippen LogP contribution in [0.25, 0.3) is 0 Å². The second kappa shape index (κ2) is 8.28. The Morgan fingerprint density at radius 2 is 2.14 bits per heavy atom. The summed E-state index contributed by atoms with van der Waals surface area (Å²) < 4.78 is 5.97. The van der Waals surface area contributed by atoms with Crippen molar-refractivity contribution in [3.8, 4) is 0 Å². The van der Waals surface area contributed by atoms with Crippen molar-refractivity contribution in [2.24, 2.45) is 5.92 Å². The van der Waals surface area contributed by atoms with Gasteiger partial charge in [0.15, 0.2) is 0 Å². The van der Waals surface area contributed by atoms with Crippen LogP contribution in [-0.2, 0) is 16.1 Å². The highest BCUT2D eigenvalue weighted by Gasteiger charge is 2.26. The quantitative estimate of drug-likeness (QED) is 0.705. The first-order valence-corrected chi connectivity index (χ1v) is 7.01. The molecule has 1 heterocycles. The van der Waals surface area contributed by atoms with E-state index in [9.17, 15) is 19.5 Å². The Morgan fingerprint density at radius 3 is 2.68 bits per heavy atom. The summed E-state index contributed by atoms with van der Waals surface area (Å²) in [5.74, 6) is -1.95. The molecule has 0 radical (unpaired) electrons. The first-order chi connectivity index (χ1) is 10.4. The predicted octanol–water partition coefficient (Wildman–Crippen LogP) is 0.119. The van der Waals surface area contributed by atoms with E-state index in [1.165, 1.54) is 19.2 Å². The third kappa shape index (κ3) is 4.66. The highest BCUT2D eigenvalue weighted by Crippen LogP contribution is 2.08. The number of rotatable bonds is 8. The van der Waals surface area contributed by atoms with E-state index in [0.717, 1.165) is 4.68 Å². The average molecular weight is 311 g/mol. The highest BCUT2D eigenvalue weighted by molar-refractivity contribution is 5.94. The fourth-order valence-corrected chi connectivity index (χ4v) is 1.81. The van der Waals surface area contributed by atoms with Gasteiger partial charge in [-0.15, -0.1) is 0 Å². The topological polar surface area (TPSA) is 111 Å². The molecule has 1 aromatic rings. The number of carbonyl (C=O) groups excluding carboxylic acids is 1. The van der Waals surface area contributed by atoms with E-state index in [4.69, 9.17) is 4.74 Å². The summed E-state index contributed by atoms with van der Waals surface area (Å²) >= 11 is 0. The minimum absolute atomic E-state index is 0.00902. The molecule has 2 atom stereocenters. The van der Waals surface area contributed by atoms with Crippen LogP contribution in [0.3, 0.4) is 0 Å². The van der Waals surface area contributed by atoms with Gasteiger partial charge in [-0.25, -0.2) is 9.48 Å². The molecule has 1 rings (SSSR count). The molecule has 0 aromatic carbocycles. The Bertz CT molecular complexity index is 584. The lowest BCUT2D eigenvalue weighted by Gasteiger charge is -2.19. The Kier molecular flexibility index (Phi) is 6.71. The van der Waals surface area contributed by atoms with Crippen LogP contribution in [0.15, 0.2) is 16.9 Å². The summed E-state index contributed by atoms with van der Waals surface area (Å²) in [6, 6.07) is 1.49. The van der Waals surface area contributed by atoms with Crippen molar-refractivity contribution < 1.29 is 19.4 Å². The maximum absolute atomic E-state index is 12.1. The van der Waals surface area contributed by atoms with Crippen molar-refractivity contribution in [2.45, 2.75) is 32.9 Å². The van der Waals surface area contributed by atoms with E-state index in [1.54, 1.807) is 6.92 Å². The van der Waals surface area contributed by atoms with Crippen LogP contribution in [0.1, 0.15) is 30.8 Å². The molecule has 8 heteroatoms. The largest absolute Gasteiger partial charge is 0.480 e. The smallest absolute Gasteiger partial charge is 0.326 e. The number of hydrogen-bond donors (Lipinski definition) is 2. The lowest BCUT2D eigenvalue weighted by Crippen LogP contribution is -2.45. The summed E-state index contributed by atoms with van der Waals surface area (Å²) in [4.78, 5) is 35.0. The molecule has 0 spiro atoms. The summed E-state index contributed by atoms with van der Waals surface area (Å²) in [5, 5.41) is 15.5. The van der Waals surface area contributed by atoms with E-state index in [0.29, 0.717) is 6.42 Å². The van der Waals surface area contributed by atoms with Crippen LogP contribution in [0, 0.1) is 5.92 Å². The maximum Gasteiger partial charge on any atom is 0.326 e. The summed E-state index contributed by atoms with van der Waals surface area (Å²) in [7, 11) is 1.49. The zero-order chi connectivity index (χ0) is 16.7. The molecule has 1 amide bonds. The Hall–Kier alpha value is -2.22. The second-order valence-corrected chi connectivity index (χ2v) is 4.95. The Morgan fingerprint density at radius 1 is 1.45 bits per heavy atom. The summed E-state index contributed by atoms with van der Waals surface area (Å²) in [5.41, 5.74) is -0.365. The van der Waals surface area contributed by atoms with Crippen molar-refractivity contribution >= 4 is 11.9 Å². The maximum atomic E-state index is 12.1. The predicted molar refractivity (Wildman–Crippen MR) is 78.7 cm³/mol. The van der Waals surface area contributed by atoms with Gasteiger partial charge >= 0.3 is 5.97 Å².